The van der Waals surface area contributed by atoms with E-state index in [1.807, 2.05) is 0 Å². The van der Waals surface area contributed by atoms with Crippen molar-refractivity contribution in [1.29, 1.82) is 0 Å². The lowest BCUT2D eigenvalue weighted by Gasteiger charge is -2.22. The first kappa shape index (κ1) is 15.5. The van der Waals surface area contributed by atoms with Crippen LogP contribution in [0.3, 0.4) is 0 Å². The van der Waals surface area contributed by atoms with Gasteiger partial charge in [0.05, 0.1) is 5.70 Å². The first-order chi connectivity index (χ1) is 11.0. The summed E-state index contributed by atoms with van der Waals surface area (Å²) >= 11 is 3.20. The number of Topliss-reactive ketones (excluding diaryl/α,β-unsaturated/α-hetero) is 1. The van der Waals surface area contributed by atoms with Gasteiger partial charge in [-0.3, -0.25) is 4.79 Å². The van der Waals surface area contributed by atoms with Crippen LogP contribution in [0.15, 0.2) is 52.8 Å². The zero-order valence-electron chi connectivity index (χ0n) is 11.9. The number of carboxylic acid groups (broad SMARTS) is 1. The van der Waals surface area contributed by atoms with Crippen LogP contribution in [0.5, 0.6) is 0 Å². The van der Waals surface area contributed by atoms with E-state index in [0.29, 0.717) is 34.5 Å². The van der Waals surface area contributed by atoms with E-state index in [1.54, 1.807) is 23.1 Å². The number of hydrogen-bond acceptors (Lipinski definition) is 3. The van der Waals surface area contributed by atoms with Crippen LogP contribution in [-0.4, -0.2) is 28.1 Å². The highest BCUT2D eigenvalue weighted by Gasteiger charge is 2.28. The van der Waals surface area contributed by atoms with Crippen LogP contribution in [0.2, 0.25) is 0 Å². The predicted octanol–water partition coefficient (Wildman–Crippen LogP) is 3.89. The van der Waals surface area contributed by atoms with Crippen LogP contribution < -0.4 is 4.90 Å². The first-order valence-corrected chi connectivity index (χ1v) is 7.66. The molecule has 0 fully saturated rings. The standard InChI is InChI=1S/C16H12BrFN2O3/c17-12-9-10(18)5-6-11(12)15(21)13-3-1-7-19(13)14-4-2-8-20(14)16(22)23/h2-6,8-9H,1,7H2,(H,22,23). The second kappa shape index (κ2) is 6.00. The number of hydrogen-bond donors (Lipinski definition) is 1. The maximum Gasteiger partial charge on any atom is 0.417 e. The molecular formula is C16H12BrFN2O3. The molecule has 0 spiro atoms. The molecule has 1 aromatic carbocycles. The maximum absolute atomic E-state index is 13.2. The molecule has 118 valence electrons. The molecule has 7 heteroatoms. The van der Waals surface area contributed by atoms with E-state index in [0.717, 1.165) is 4.57 Å². The van der Waals surface area contributed by atoms with Crippen molar-refractivity contribution < 1.29 is 19.1 Å². The molecule has 0 aliphatic carbocycles. The van der Waals surface area contributed by atoms with Gasteiger partial charge < -0.3 is 10.0 Å². The Morgan fingerprint density at radius 2 is 2.04 bits per heavy atom. The van der Waals surface area contributed by atoms with E-state index in [-0.39, 0.29) is 5.78 Å². The Hall–Kier alpha value is -2.41. The summed E-state index contributed by atoms with van der Waals surface area (Å²) in [5.41, 5.74) is 0.719. The Morgan fingerprint density at radius 1 is 1.26 bits per heavy atom. The molecule has 1 aliphatic rings. The maximum atomic E-state index is 13.2. The third kappa shape index (κ3) is 2.79. The number of halogens is 2. The quantitative estimate of drug-likeness (QED) is 0.822. The molecule has 0 radical (unpaired) electrons. The molecule has 0 saturated heterocycles. The van der Waals surface area contributed by atoms with Gasteiger partial charge in [0.1, 0.15) is 11.6 Å². The van der Waals surface area contributed by atoms with Crippen molar-refractivity contribution in [2.75, 3.05) is 11.4 Å². The van der Waals surface area contributed by atoms with Crippen LogP contribution >= 0.6 is 15.9 Å². The van der Waals surface area contributed by atoms with Crippen molar-refractivity contribution in [2.24, 2.45) is 0 Å². The lowest BCUT2D eigenvalue weighted by atomic mass is 10.1. The van der Waals surface area contributed by atoms with Crippen molar-refractivity contribution in [2.45, 2.75) is 6.42 Å². The fourth-order valence-corrected chi connectivity index (χ4v) is 3.11. The molecule has 0 saturated carbocycles. The first-order valence-electron chi connectivity index (χ1n) is 6.87. The van der Waals surface area contributed by atoms with E-state index >= 15 is 0 Å². The summed E-state index contributed by atoms with van der Waals surface area (Å²) < 4.78 is 14.6. The molecule has 1 N–H and O–H groups in total. The molecular weight excluding hydrogens is 367 g/mol. The highest BCUT2D eigenvalue weighted by Crippen LogP contribution is 2.29. The van der Waals surface area contributed by atoms with Gasteiger partial charge in [-0.15, -0.1) is 0 Å². The average molecular weight is 379 g/mol. The van der Waals surface area contributed by atoms with Crippen molar-refractivity contribution in [3.8, 4) is 0 Å². The van der Waals surface area contributed by atoms with E-state index in [1.165, 1.54) is 24.4 Å². The van der Waals surface area contributed by atoms with Gasteiger partial charge in [-0.2, -0.15) is 0 Å². The molecule has 0 bridgehead atoms. The summed E-state index contributed by atoms with van der Waals surface area (Å²) in [4.78, 5) is 25.7. The number of benzene rings is 1. The van der Waals surface area contributed by atoms with Crippen LogP contribution in [0.1, 0.15) is 16.8 Å². The Kier molecular flexibility index (Phi) is 4.04. The summed E-state index contributed by atoms with van der Waals surface area (Å²) in [7, 11) is 0. The second-order valence-corrected chi connectivity index (χ2v) is 5.86. The van der Waals surface area contributed by atoms with Crippen molar-refractivity contribution in [3.63, 3.8) is 0 Å². The van der Waals surface area contributed by atoms with Gasteiger partial charge in [0.25, 0.3) is 0 Å². The summed E-state index contributed by atoms with van der Waals surface area (Å²) in [6.07, 6.45) is 2.69. The molecule has 3 rings (SSSR count). The molecule has 23 heavy (non-hydrogen) atoms. The number of anilines is 1. The van der Waals surface area contributed by atoms with E-state index in [4.69, 9.17) is 0 Å². The number of ketones is 1. The fraction of sp³-hybridized carbons (Fsp3) is 0.125. The highest BCUT2D eigenvalue weighted by molar-refractivity contribution is 9.10. The van der Waals surface area contributed by atoms with Gasteiger partial charge in [0, 0.05) is 22.8 Å². The van der Waals surface area contributed by atoms with Crippen LogP contribution in [0.25, 0.3) is 0 Å². The third-order valence-electron chi connectivity index (χ3n) is 3.60. The van der Waals surface area contributed by atoms with Gasteiger partial charge in [-0.1, -0.05) is 6.08 Å². The topological polar surface area (TPSA) is 62.5 Å². The molecule has 2 aromatic rings. The number of rotatable bonds is 3. The Balaban J connectivity index is 1.97. The minimum absolute atomic E-state index is 0.285. The minimum Gasteiger partial charge on any atom is -0.464 e. The number of allylic oxidation sites excluding steroid dienone is 1. The van der Waals surface area contributed by atoms with Gasteiger partial charge in [-0.05, 0) is 52.7 Å². The van der Waals surface area contributed by atoms with E-state index in [2.05, 4.69) is 15.9 Å². The average Bonchev–Trinajstić information content (AvgIpc) is 3.15. The predicted molar refractivity (Wildman–Crippen MR) is 86.3 cm³/mol. The molecule has 0 amide bonds. The lowest BCUT2D eigenvalue weighted by Crippen LogP contribution is -2.27. The highest BCUT2D eigenvalue weighted by atomic mass is 79.9. The van der Waals surface area contributed by atoms with Crippen molar-refractivity contribution in [1.82, 2.24) is 4.57 Å². The van der Waals surface area contributed by atoms with Gasteiger partial charge in [0.15, 0.2) is 0 Å². The SMILES string of the molecule is O=C(C1=CCCN1c1cccn1C(=O)O)c1ccc(F)cc1Br. The molecule has 1 aliphatic heterocycles. The summed E-state index contributed by atoms with van der Waals surface area (Å²) in [5.74, 6) is -0.314. The smallest absolute Gasteiger partial charge is 0.417 e. The monoisotopic (exact) mass is 378 g/mol. The lowest BCUT2D eigenvalue weighted by molar-refractivity contribution is 0.103. The summed E-state index contributed by atoms with van der Waals surface area (Å²) in [5, 5.41) is 9.21. The Labute approximate surface area is 139 Å². The van der Waals surface area contributed by atoms with Crippen LogP contribution in [0.4, 0.5) is 15.0 Å². The van der Waals surface area contributed by atoms with Crippen molar-refractivity contribution in [3.05, 3.63) is 64.2 Å². The molecule has 5 nitrogen and oxygen atoms in total. The third-order valence-corrected chi connectivity index (χ3v) is 4.26. The largest absolute Gasteiger partial charge is 0.464 e. The van der Waals surface area contributed by atoms with Crippen molar-refractivity contribution >= 4 is 33.6 Å². The summed E-state index contributed by atoms with van der Waals surface area (Å²) in [6, 6.07) is 7.11. The molecule has 1 aromatic heterocycles. The van der Waals surface area contributed by atoms with E-state index < -0.39 is 11.9 Å². The number of aromatic nitrogens is 1. The Bertz CT molecular complexity index is 828. The summed E-state index contributed by atoms with van der Waals surface area (Å²) in [6.45, 7) is 0.511. The van der Waals surface area contributed by atoms with Crippen LogP contribution in [0, 0.1) is 5.82 Å². The number of carbonyl (C=O) groups excluding carboxylic acids is 1. The number of nitrogens with zero attached hydrogens (tertiary/aromatic N) is 2. The van der Waals surface area contributed by atoms with Crippen LogP contribution in [-0.2, 0) is 0 Å². The second-order valence-electron chi connectivity index (χ2n) is 5.00. The van der Waals surface area contributed by atoms with Gasteiger partial charge in [-0.25, -0.2) is 13.8 Å². The van der Waals surface area contributed by atoms with Gasteiger partial charge >= 0.3 is 6.09 Å². The van der Waals surface area contributed by atoms with E-state index in [9.17, 15) is 19.1 Å². The minimum atomic E-state index is -1.12. The van der Waals surface area contributed by atoms with Gasteiger partial charge in [0.2, 0.25) is 5.78 Å². The zero-order chi connectivity index (χ0) is 16.6. The molecule has 0 atom stereocenters. The molecule has 0 unspecified atom stereocenters. The number of carbonyl (C=O) groups is 2. The molecule has 2 heterocycles. The zero-order valence-corrected chi connectivity index (χ0v) is 13.5. The normalized spacial score (nSPS) is 14.0. The Morgan fingerprint density at radius 3 is 2.74 bits per heavy atom. The fourth-order valence-electron chi connectivity index (χ4n) is 2.58.